The third kappa shape index (κ3) is 5.06. The normalized spacial score (nSPS) is 11.9. The van der Waals surface area contributed by atoms with Crippen LogP contribution in [0, 0.1) is 0 Å². The lowest BCUT2D eigenvalue weighted by Crippen LogP contribution is -2.00. The molecule has 266 valence electrons. The minimum Gasteiger partial charge on any atom is -0.456 e. The van der Waals surface area contributed by atoms with Crippen LogP contribution >= 0.6 is 0 Å². The zero-order valence-corrected chi connectivity index (χ0v) is 30.6. The van der Waals surface area contributed by atoms with Crippen LogP contribution in [0.2, 0.25) is 0 Å². The fourth-order valence-corrected chi connectivity index (χ4v) is 8.73. The van der Waals surface area contributed by atoms with Crippen LogP contribution in [-0.4, -0.2) is 15.0 Å². The number of aromatic nitrogens is 3. The summed E-state index contributed by atoms with van der Waals surface area (Å²) in [6.45, 7) is 0. The first-order valence-electron chi connectivity index (χ1n) is 19.2. The maximum atomic E-state index is 6.50. The SMILES string of the molecule is c1ccc(-c2nc(-c3cccc4c3oc3ccccc34)nc(-c3cccc4oc5ccc(Cc6ccc7c8ccccc8c8ccccc8c7c6)cc5c34)n2)cc1. The summed E-state index contributed by atoms with van der Waals surface area (Å²) >= 11 is 0. The molecular formula is C52H31N3O2. The molecule has 0 saturated heterocycles. The molecule has 5 heteroatoms. The van der Waals surface area contributed by atoms with Crippen molar-refractivity contribution in [2.24, 2.45) is 0 Å². The first-order valence-corrected chi connectivity index (χ1v) is 19.2. The van der Waals surface area contributed by atoms with Crippen LogP contribution in [-0.2, 0) is 6.42 Å². The Morgan fingerprint density at radius 1 is 0.333 bits per heavy atom. The Morgan fingerprint density at radius 3 is 1.63 bits per heavy atom. The Bertz CT molecular complexity index is 3530. The number of hydrogen-bond donors (Lipinski definition) is 0. The van der Waals surface area contributed by atoms with Gasteiger partial charge in [0.1, 0.15) is 22.3 Å². The Morgan fingerprint density at radius 2 is 0.860 bits per heavy atom. The van der Waals surface area contributed by atoms with Gasteiger partial charge in [-0.25, -0.2) is 15.0 Å². The highest BCUT2D eigenvalue weighted by atomic mass is 16.3. The molecule has 0 aliphatic rings. The van der Waals surface area contributed by atoms with Crippen molar-refractivity contribution in [1.82, 2.24) is 15.0 Å². The van der Waals surface area contributed by atoms with E-state index in [4.69, 9.17) is 23.8 Å². The van der Waals surface area contributed by atoms with E-state index in [-0.39, 0.29) is 0 Å². The third-order valence-corrected chi connectivity index (χ3v) is 11.3. The molecule has 0 N–H and O–H groups in total. The van der Waals surface area contributed by atoms with Crippen LogP contribution in [0.1, 0.15) is 11.1 Å². The third-order valence-electron chi connectivity index (χ3n) is 11.3. The molecule has 0 radical (unpaired) electrons. The quantitative estimate of drug-likeness (QED) is 0.165. The van der Waals surface area contributed by atoms with Crippen LogP contribution in [0.25, 0.3) is 110 Å². The maximum Gasteiger partial charge on any atom is 0.167 e. The van der Waals surface area contributed by atoms with E-state index in [1.165, 1.54) is 43.4 Å². The van der Waals surface area contributed by atoms with Gasteiger partial charge in [0.15, 0.2) is 17.5 Å². The fourth-order valence-electron chi connectivity index (χ4n) is 8.73. The average molecular weight is 730 g/mol. The Hall–Kier alpha value is -7.63. The van der Waals surface area contributed by atoms with Crippen molar-refractivity contribution in [3.63, 3.8) is 0 Å². The van der Waals surface area contributed by atoms with E-state index < -0.39 is 0 Å². The van der Waals surface area contributed by atoms with Gasteiger partial charge in [0.05, 0.1) is 5.56 Å². The predicted molar refractivity (Wildman–Crippen MR) is 232 cm³/mol. The lowest BCUT2D eigenvalue weighted by Gasteiger charge is -2.12. The molecule has 9 aromatic carbocycles. The number of para-hydroxylation sites is 2. The molecule has 3 heterocycles. The van der Waals surface area contributed by atoms with E-state index >= 15 is 0 Å². The standard InChI is InChI=1S/C52H31N3O2/c1-2-12-33(13-3-1)50-53-51(55-52(54-50)42-21-10-19-40-39-18-8-9-22-45(39)57-49(40)42)41-20-11-23-47-48(41)44-30-32(25-27-46(44)56-47)28-31-24-26-38-36-16-5-4-14-34(36)35-15-6-7-17-37(35)43(38)29-31/h1-27,29-30H,28H2. The Labute approximate surface area is 326 Å². The Balaban J connectivity index is 1.02. The zero-order valence-electron chi connectivity index (χ0n) is 30.6. The molecule has 57 heavy (non-hydrogen) atoms. The molecule has 0 atom stereocenters. The molecule has 0 spiro atoms. The van der Waals surface area contributed by atoms with Gasteiger partial charge >= 0.3 is 0 Å². The summed E-state index contributed by atoms with van der Waals surface area (Å²) in [4.78, 5) is 15.4. The number of rotatable bonds is 5. The number of furan rings is 2. The second kappa shape index (κ2) is 12.4. The van der Waals surface area contributed by atoms with Crippen molar-refractivity contribution in [3.05, 3.63) is 187 Å². The van der Waals surface area contributed by atoms with E-state index in [0.717, 1.165) is 67.0 Å². The molecule has 0 aliphatic carbocycles. The molecule has 0 unspecified atom stereocenters. The van der Waals surface area contributed by atoms with Gasteiger partial charge in [0.2, 0.25) is 0 Å². The molecule has 0 bridgehead atoms. The van der Waals surface area contributed by atoms with Gasteiger partial charge in [-0.2, -0.15) is 0 Å². The van der Waals surface area contributed by atoms with Crippen molar-refractivity contribution < 1.29 is 8.83 Å². The smallest absolute Gasteiger partial charge is 0.167 e. The van der Waals surface area contributed by atoms with Crippen LogP contribution in [0.4, 0.5) is 0 Å². The molecule has 0 saturated carbocycles. The molecule has 12 aromatic rings. The van der Waals surface area contributed by atoms with Crippen LogP contribution in [0.15, 0.2) is 185 Å². The van der Waals surface area contributed by atoms with Crippen molar-refractivity contribution in [2.75, 3.05) is 0 Å². The van der Waals surface area contributed by atoms with E-state index in [0.29, 0.717) is 17.5 Å². The molecule has 0 aliphatic heterocycles. The predicted octanol–water partition coefficient (Wildman–Crippen LogP) is 13.7. The summed E-state index contributed by atoms with van der Waals surface area (Å²) in [6.07, 6.45) is 0.775. The molecule has 12 rings (SSSR count). The molecule has 3 aromatic heterocycles. The lowest BCUT2D eigenvalue weighted by molar-refractivity contribution is 0.668. The first kappa shape index (κ1) is 31.7. The first-order chi connectivity index (χ1) is 28.2. The average Bonchev–Trinajstić information content (AvgIpc) is 3.85. The highest BCUT2D eigenvalue weighted by Crippen LogP contribution is 2.40. The zero-order chi connectivity index (χ0) is 37.5. The van der Waals surface area contributed by atoms with Crippen molar-refractivity contribution in [1.29, 1.82) is 0 Å². The van der Waals surface area contributed by atoms with Crippen LogP contribution in [0.3, 0.4) is 0 Å². The second-order valence-corrected chi connectivity index (χ2v) is 14.7. The van der Waals surface area contributed by atoms with Crippen LogP contribution in [0.5, 0.6) is 0 Å². The summed E-state index contributed by atoms with van der Waals surface area (Å²) in [5.74, 6) is 1.70. The van der Waals surface area contributed by atoms with Crippen LogP contribution < -0.4 is 0 Å². The van der Waals surface area contributed by atoms with Crippen molar-refractivity contribution in [3.8, 4) is 34.2 Å². The van der Waals surface area contributed by atoms with E-state index in [2.05, 4.69) is 103 Å². The number of hydrogen-bond acceptors (Lipinski definition) is 5. The summed E-state index contributed by atoms with van der Waals surface area (Å²) in [5.41, 5.74) is 8.23. The van der Waals surface area contributed by atoms with Gasteiger partial charge < -0.3 is 8.83 Å². The number of benzene rings is 9. The van der Waals surface area contributed by atoms with E-state index in [1.807, 2.05) is 72.8 Å². The van der Waals surface area contributed by atoms with Gasteiger partial charge in [-0.3, -0.25) is 0 Å². The van der Waals surface area contributed by atoms with Gasteiger partial charge in [-0.15, -0.1) is 0 Å². The summed E-state index contributed by atoms with van der Waals surface area (Å²) < 4.78 is 13.0. The van der Waals surface area contributed by atoms with Crippen molar-refractivity contribution >= 4 is 76.2 Å². The number of fused-ring (bicyclic) bond motifs is 12. The second-order valence-electron chi connectivity index (χ2n) is 14.7. The monoisotopic (exact) mass is 729 g/mol. The maximum absolute atomic E-state index is 6.50. The largest absolute Gasteiger partial charge is 0.456 e. The van der Waals surface area contributed by atoms with Gasteiger partial charge in [0.25, 0.3) is 0 Å². The summed E-state index contributed by atoms with van der Waals surface area (Å²) in [5, 5.41) is 11.8. The fraction of sp³-hybridized carbons (Fsp3) is 0.0192. The highest BCUT2D eigenvalue weighted by molar-refractivity contribution is 6.25. The molecular weight excluding hydrogens is 699 g/mol. The summed E-state index contributed by atoms with van der Waals surface area (Å²) in [7, 11) is 0. The van der Waals surface area contributed by atoms with Gasteiger partial charge in [-0.1, -0.05) is 146 Å². The molecule has 0 fully saturated rings. The molecule has 5 nitrogen and oxygen atoms in total. The topological polar surface area (TPSA) is 65.0 Å². The Kier molecular flexibility index (Phi) is 6.92. The van der Waals surface area contributed by atoms with E-state index in [1.54, 1.807) is 0 Å². The van der Waals surface area contributed by atoms with Gasteiger partial charge in [0, 0.05) is 32.7 Å². The highest BCUT2D eigenvalue weighted by Gasteiger charge is 2.21. The van der Waals surface area contributed by atoms with Gasteiger partial charge in [-0.05, 0) is 80.2 Å². The lowest BCUT2D eigenvalue weighted by atomic mass is 9.92. The van der Waals surface area contributed by atoms with E-state index in [9.17, 15) is 0 Å². The summed E-state index contributed by atoms with van der Waals surface area (Å²) in [6, 6.07) is 61.4. The minimum atomic E-state index is 0.547. The minimum absolute atomic E-state index is 0.547. The number of nitrogens with zero attached hydrogens (tertiary/aromatic N) is 3. The van der Waals surface area contributed by atoms with Crippen molar-refractivity contribution in [2.45, 2.75) is 6.42 Å². The molecule has 0 amide bonds.